The fourth-order valence-electron chi connectivity index (χ4n) is 4.13. The van der Waals surface area contributed by atoms with Gasteiger partial charge in [0.25, 0.3) is 0 Å². The third kappa shape index (κ3) is 5.00. The summed E-state index contributed by atoms with van der Waals surface area (Å²) in [5.41, 5.74) is 1.57. The molecule has 1 N–H and O–H groups in total. The second-order valence-corrected chi connectivity index (χ2v) is 7.70. The third-order valence-corrected chi connectivity index (χ3v) is 5.58. The minimum atomic E-state index is -2.88. The first-order valence-electron chi connectivity index (χ1n) is 10.5. The summed E-state index contributed by atoms with van der Waals surface area (Å²) < 4.78 is 41.4. The normalized spacial score (nSPS) is 20.2. The minimum absolute atomic E-state index is 0.0589. The zero-order valence-corrected chi connectivity index (χ0v) is 17.4. The van der Waals surface area contributed by atoms with Crippen LogP contribution in [0.15, 0.2) is 42.5 Å². The highest BCUT2D eigenvalue weighted by molar-refractivity contribution is 5.80. The molecule has 2 aromatic carbocycles. The Labute approximate surface area is 180 Å². The number of hydrogen-bond donors (Lipinski definition) is 1. The molecule has 1 saturated heterocycles. The number of rotatable bonds is 7. The fourth-order valence-corrected chi connectivity index (χ4v) is 4.13. The minimum Gasteiger partial charge on any atom is -0.494 e. The van der Waals surface area contributed by atoms with Crippen molar-refractivity contribution < 1.29 is 27.8 Å². The zero-order chi connectivity index (χ0) is 21.8. The topological polar surface area (TPSA) is 60.0 Å². The van der Waals surface area contributed by atoms with E-state index in [9.17, 15) is 13.6 Å². The zero-order valence-electron chi connectivity index (χ0n) is 17.4. The van der Waals surface area contributed by atoms with Gasteiger partial charge >= 0.3 is 6.61 Å². The van der Waals surface area contributed by atoms with Crippen molar-refractivity contribution in [1.29, 1.82) is 0 Å². The van der Waals surface area contributed by atoms with Crippen LogP contribution in [-0.4, -0.2) is 44.9 Å². The van der Waals surface area contributed by atoms with E-state index < -0.39 is 6.61 Å². The second kappa shape index (κ2) is 9.41. The van der Waals surface area contributed by atoms with Gasteiger partial charge < -0.3 is 24.4 Å². The van der Waals surface area contributed by atoms with Gasteiger partial charge in [-0.2, -0.15) is 8.78 Å². The molecule has 8 heteroatoms. The van der Waals surface area contributed by atoms with E-state index in [-0.39, 0.29) is 23.6 Å². The van der Waals surface area contributed by atoms with Crippen LogP contribution in [0.25, 0.3) is 0 Å². The van der Waals surface area contributed by atoms with E-state index in [2.05, 4.69) is 10.1 Å². The molecule has 2 aromatic rings. The third-order valence-electron chi connectivity index (χ3n) is 5.58. The van der Waals surface area contributed by atoms with Crippen molar-refractivity contribution in [3.8, 4) is 17.2 Å². The quantitative estimate of drug-likeness (QED) is 0.724. The van der Waals surface area contributed by atoms with Crippen LogP contribution in [0.2, 0.25) is 0 Å². The first-order chi connectivity index (χ1) is 15.0. The van der Waals surface area contributed by atoms with E-state index in [4.69, 9.17) is 9.47 Å². The lowest BCUT2D eigenvalue weighted by molar-refractivity contribution is -0.126. The highest BCUT2D eigenvalue weighted by atomic mass is 19.3. The predicted molar refractivity (Wildman–Crippen MR) is 112 cm³/mol. The number of alkyl halides is 2. The molecule has 4 rings (SSSR count). The molecule has 1 fully saturated rings. The van der Waals surface area contributed by atoms with Gasteiger partial charge in [-0.1, -0.05) is 12.1 Å². The molecule has 6 nitrogen and oxygen atoms in total. The number of benzene rings is 2. The number of ether oxygens (including phenoxy) is 3. The van der Waals surface area contributed by atoms with Crippen LogP contribution in [0.3, 0.4) is 0 Å². The van der Waals surface area contributed by atoms with Gasteiger partial charge in [0, 0.05) is 19.1 Å². The van der Waals surface area contributed by atoms with Gasteiger partial charge in [-0.25, -0.2) is 0 Å². The number of para-hydroxylation sites is 2. The van der Waals surface area contributed by atoms with E-state index in [0.717, 1.165) is 23.5 Å². The summed E-state index contributed by atoms with van der Waals surface area (Å²) in [5, 5.41) is 3.10. The summed E-state index contributed by atoms with van der Waals surface area (Å²) in [5.74, 6) is 1.35. The number of halogens is 2. The molecule has 0 aliphatic carbocycles. The van der Waals surface area contributed by atoms with Gasteiger partial charge in [-0.15, -0.1) is 0 Å². The van der Waals surface area contributed by atoms with E-state index >= 15 is 0 Å². The molecule has 0 aromatic heterocycles. The molecule has 2 aliphatic heterocycles. The molecule has 0 spiro atoms. The van der Waals surface area contributed by atoms with Crippen LogP contribution < -0.4 is 24.4 Å². The Hall–Kier alpha value is -3.03. The maximum atomic E-state index is 12.9. The summed E-state index contributed by atoms with van der Waals surface area (Å²) in [7, 11) is 0. The largest absolute Gasteiger partial charge is 0.494 e. The maximum Gasteiger partial charge on any atom is 0.387 e. The van der Waals surface area contributed by atoms with Gasteiger partial charge in [0.2, 0.25) is 5.91 Å². The van der Waals surface area contributed by atoms with Crippen LogP contribution in [-0.2, 0) is 11.2 Å². The van der Waals surface area contributed by atoms with Crippen molar-refractivity contribution in [1.82, 2.24) is 5.32 Å². The Balaban J connectivity index is 1.36. The van der Waals surface area contributed by atoms with Crippen LogP contribution in [0.1, 0.15) is 18.9 Å². The van der Waals surface area contributed by atoms with Crippen molar-refractivity contribution in [2.24, 2.45) is 5.92 Å². The van der Waals surface area contributed by atoms with Gasteiger partial charge in [0.1, 0.15) is 23.9 Å². The van der Waals surface area contributed by atoms with Gasteiger partial charge in [0.15, 0.2) is 0 Å². The first-order valence-corrected chi connectivity index (χ1v) is 10.5. The summed E-state index contributed by atoms with van der Waals surface area (Å²) >= 11 is 0. The molecule has 2 atom stereocenters. The Morgan fingerprint density at radius 2 is 2.13 bits per heavy atom. The van der Waals surface area contributed by atoms with Gasteiger partial charge in [-0.05, 0) is 55.7 Å². The average Bonchev–Trinajstić information content (AvgIpc) is 3.21. The Kier molecular flexibility index (Phi) is 6.44. The number of hydrogen-bond acceptors (Lipinski definition) is 5. The van der Waals surface area contributed by atoms with E-state index in [1.807, 2.05) is 30.0 Å². The van der Waals surface area contributed by atoms with Crippen LogP contribution in [0.4, 0.5) is 14.5 Å². The molecule has 2 aliphatic rings. The highest BCUT2D eigenvalue weighted by Crippen LogP contribution is 2.33. The van der Waals surface area contributed by atoms with E-state index in [1.54, 1.807) is 18.2 Å². The number of carbonyl (C=O) groups excluding carboxylic acids is 1. The smallest absolute Gasteiger partial charge is 0.387 e. The lowest BCUT2D eigenvalue weighted by Gasteiger charge is -2.26. The molecule has 1 amide bonds. The number of nitrogens with one attached hydrogen (secondary N) is 1. The van der Waals surface area contributed by atoms with E-state index in [0.29, 0.717) is 38.4 Å². The van der Waals surface area contributed by atoms with Crippen molar-refractivity contribution in [2.45, 2.75) is 32.4 Å². The summed E-state index contributed by atoms with van der Waals surface area (Å²) in [6.07, 6.45) is 1.32. The molecule has 166 valence electrons. The molecular weight excluding hydrogens is 406 g/mol. The van der Waals surface area contributed by atoms with Crippen molar-refractivity contribution >= 4 is 11.6 Å². The van der Waals surface area contributed by atoms with Crippen LogP contribution in [0, 0.1) is 5.92 Å². The number of fused-ring (bicyclic) bond motifs is 1. The Bertz CT molecular complexity index is 924. The summed E-state index contributed by atoms with van der Waals surface area (Å²) in [6, 6.07) is 12.3. The van der Waals surface area contributed by atoms with Crippen LogP contribution >= 0.6 is 0 Å². The lowest BCUT2D eigenvalue weighted by Crippen LogP contribution is -2.43. The fraction of sp³-hybridized carbons (Fsp3) is 0.435. The molecule has 0 saturated carbocycles. The van der Waals surface area contributed by atoms with Crippen molar-refractivity contribution in [2.75, 3.05) is 31.2 Å². The SMILES string of the molecule is CCOc1ccc2c(c1)CC(C(=O)NC1CCN(c3ccccc3OC(F)F)C1)CO2. The first kappa shape index (κ1) is 21.2. The standard InChI is InChI=1S/C23H26F2N2O4/c1-2-29-18-7-8-20-15(12-18)11-16(14-30-20)22(28)26-17-9-10-27(13-17)19-5-3-4-6-21(19)31-23(24)25/h3-8,12,16-17,23H,2,9-11,13-14H2,1H3,(H,26,28). The van der Waals surface area contributed by atoms with Crippen molar-refractivity contribution in [3.63, 3.8) is 0 Å². The molecule has 2 unspecified atom stereocenters. The van der Waals surface area contributed by atoms with Crippen LogP contribution in [0.5, 0.6) is 17.2 Å². The average molecular weight is 432 g/mol. The monoisotopic (exact) mass is 432 g/mol. The summed E-state index contributed by atoms with van der Waals surface area (Å²) in [4.78, 5) is 14.8. The molecule has 0 bridgehead atoms. The number of amides is 1. The number of nitrogens with zero attached hydrogens (tertiary/aromatic N) is 1. The molecule has 0 radical (unpaired) electrons. The highest BCUT2D eigenvalue weighted by Gasteiger charge is 2.31. The number of anilines is 1. The van der Waals surface area contributed by atoms with Crippen molar-refractivity contribution in [3.05, 3.63) is 48.0 Å². The van der Waals surface area contributed by atoms with Gasteiger partial charge in [0.05, 0.1) is 18.2 Å². The maximum absolute atomic E-state index is 12.9. The molecule has 31 heavy (non-hydrogen) atoms. The van der Waals surface area contributed by atoms with Gasteiger partial charge in [-0.3, -0.25) is 4.79 Å². The molecular formula is C23H26F2N2O4. The molecule has 2 heterocycles. The van der Waals surface area contributed by atoms with E-state index in [1.165, 1.54) is 6.07 Å². The Morgan fingerprint density at radius 3 is 2.94 bits per heavy atom. The second-order valence-electron chi connectivity index (χ2n) is 7.70. The summed E-state index contributed by atoms with van der Waals surface area (Å²) in [6.45, 7) is 1.14. The Morgan fingerprint density at radius 1 is 1.29 bits per heavy atom. The predicted octanol–water partition coefficient (Wildman–Crippen LogP) is 3.63. The number of carbonyl (C=O) groups is 1. The lowest BCUT2D eigenvalue weighted by atomic mass is 9.95.